The maximum atomic E-state index is 11.1. The van der Waals surface area contributed by atoms with E-state index in [9.17, 15) is 4.79 Å². The molecule has 0 aliphatic heterocycles. The summed E-state index contributed by atoms with van der Waals surface area (Å²) in [6.45, 7) is 2.36. The number of nitrogens with zero attached hydrogens (tertiary/aromatic N) is 1. The maximum absolute atomic E-state index is 11.1. The van der Waals surface area contributed by atoms with Crippen molar-refractivity contribution in [3.8, 4) is 0 Å². The summed E-state index contributed by atoms with van der Waals surface area (Å²) in [5.74, 6) is 0.00315. The maximum Gasteiger partial charge on any atom is 0.233 e. The Bertz CT molecular complexity index is 248. The average Bonchev–Trinajstić information content (AvgIpc) is 2.51. The fourth-order valence-corrected chi connectivity index (χ4v) is 1.34. The zero-order chi connectivity index (χ0) is 8.97. The molecule has 1 N–H and O–H groups in total. The molecule has 0 aromatic carbocycles. The molecule has 0 aliphatic carbocycles. The van der Waals surface area contributed by atoms with Crippen LogP contribution in [-0.4, -0.2) is 15.7 Å². The van der Waals surface area contributed by atoms with Crippen molar-refractivity contribution in [1.82, 2.24) is 10.3 Å². The molecule has 66 valence electrons. The van der Waals surface area contributed by atoms with Gasteiger partial charge >= 0.3 is 0 Å². The van der Waals surface area contributed by atoms with E-state index in [1.54, 1.807) is 18.6 Å². The van der Waals surface area contributed by atoms with Gasteiger partial charge in [0.1, 0.15) is 0 Å². The molecule has 12 heavy (non-hydrogen) atoms. The third-order valence-electron chi connectivity index (χ3n) is 1.28. The van der Waals surface area contributed by atoms with Crippen LogP contribution < -0.4 is 5.32 Å². The van der Waals surface area contributed by atoms with Gasteiger partial charge in [-0.2, -0.15) is 0 Å². The highest BCUT2D eigenvalue weighted by molar-refractivity contribution is 9.10. The Balaban J connectivity index is 2.32. The molecule has 1 heterocycles. The summed E-state index contributed by atoms with van der Waals surface area (Å²) in [7, 11) is 0. The number of thiazole rings is 1. The van der Waals surface area contributed by atoms with Gasteiger partial charge in [-0.15, -0.1) is 11.3 Å². The van der Waals surface area contributed by atoms with Crippen LogP contribution >= 0.6 is 27.3 Å². The second kappa shape index (κ2) is 4.57. The quantitative estimate of drug-likeness (QED) is 0.825. The van der Waals surface area contributed by atoms with E-state index in [0.29, 0.717) is 6.54 Å². The molecule has 0 spiro atoms. The lowest BCUT2D eigenvalue weighted by atomic mass is 10.4. The monoisotopic (exact) mass is 248 g/mol. The minimum absolute atomic E-state index is 0.00315. The molecular formula is C7H9BrN2OS. The lowest BCUT2D eigenvalue weighted by molar-refractivity contribution is -0.120. The summed E-state index contributed by atoms with van der Waals surface area (Å²) in [6.07, 6.45) is 1.75. The molecule has 1 aromatic heterocycles. The van der Waals surface area contributed by atoms with Gasteiger partial charge in [0.15, 0.2) is 0 Å². The summed E-state index contributed by atoms with van der Waals surface area (Å²) >= 11 is 4.72. The molecule has 0 bridgehead atoms. The molecule has 0 fully saturated rings. The minimum atomic E-state index is -0.134. The van der Waals surface area contributed by atoms with E-state index in [2.05, 4.69) is 26.2 Å². The van der Waals surface area contributed by atoms with Crippen LogP contribution in [0.2, 0.25) is 0 Å². The molecular weight excluding hydrogens is 240 g/mol. The Kier molecular flexibility index (Phi) is 3.68. The normalized spacial score (nSPS) is 12.5. The van der Waals surface area contributed by atoms with Crippen LogP contribution in [0.25, 0.3) is 0 Å². The third-order valence-corrected chi connectivity index (χ3v) is 2.48. The van der Waals surface area contributed by atoms with Gasteiger partial charge < -0.3 is 5.32 Å². The first-order valence-corrected chi connectivity index (χ1v) is 5.29. The van der Waals surface area contributed by atoms with Crippen LogP contribution in [0.5, 0.6) is 0 Å². The molecule has 1 rings (SSSR count). The van der Waals surface area contributed by atoms with Crippen LogP contribution in [0.15, 0.2) is 11.7 Å². The molecule has 1 unspecified atom stereocenters. The highest BCUT2D eigenvalue weighted by Crippen LogP contribution is 2.05. The van der Waals surface area contributed by atoms with E-state index in [-0.39, 0.29) is 10.7 Å². The van der Waals surface area contributed by atoms with Crippen LogP contribution in [0, 0.1) is 0 Å². The predicted octanol–water partition coefficient (Wildman–Crippen LogP) is 1.54. The second-order valence-corrected chi connectivity index (χ2v) is 4.65. The molecule has 3 nitrogen and oxygen atoms in total. The zero-order valence-corrected chi connectivity index (χ0v) is 8.98. The van der Waals surface area contributed by atoms with E-state index < -0.39 is 0 Å². The number of carbonyl (C=O) groups excluding carboxylic acids is 1. The number of hydrogen-bond acceptors (Lipinski definition) is 3. The molecule has 1 amide bonds. The van der Waals surface area contributed by atoms with E-state index in [4.69, 9.17) is 0 Å². The van der Waals surface area contributed by atoms with Crippen LogP contribution in [0.3, 0.4) is 0 Å². The largest absolute Gasteiger partial charge is 0.350 e. The fourth-order valence-electron chi connectivity index (χ4n) is 0.644. The van der Waals surface area contributed by atoms with Gasteiger partial charge in [-0.3, -0.25) is 9.78 Å². The number of aromatic nitrogens is 1. The van der Waals surface area contributed by atoms with Crippen LogP contribution in [-0.2, 0) is 11.3 Å². The highest BCUT2D eigenvalue weighted by Gasteiger charge is 2.07. The van der Waals surface area contributed by atoms with Crippen LogP contribution in [0.4, 0.5) is 0 Å². The van der Waals surface area contributed by atoms with Crippen molar-refractivity contribution in [2.45, 2.75) is 18.3 Å². The predicted molar refractivity (Wildman–Crippen MR) is 52.3 cm³/mol. The minimum Gasteiger partial charge on any atom is -0.350 e. The van der Waals surface area contributed by atoms with Crippen molar-refractivity contribution in [2.75, 3.05) is 0 Å². The SMILES string of the molecule is CC(Br)C(=O)NCc1cncs1. The second-order valence-electron chi connectivity index (χ2n) is 2.30. The third kappa shape index (κ3) is 2.91. The number of nitrogens with one attached hydrogen (secondary N) is 1. The van der Waals surface area contributed by atoms with Crippen molar-refractivity contribution in [3.05, 3.63) is 16.6 Å². The summed E-state index contributed by atoms with van der Waals surface area (Å²) in [4.78, 5) is 15.9. The topological polar surface area (TPSA) is 42.0 Å². The molecule has 0 saturated heterocycles. The van der Waals surface area contributed by atoms with Crippen molar-refractivity contribution in [2.24, 2.45) is 0 Å². The molecule has 5 heteroatoms. The number of amides is 1. The van der Waals surface area contributed by atoms with Crippen molar-refractivity contribution >= 4 is 33.2 Å². The summed E-state index contributed by atoms with van der Waals surface area (Å²) in [5.41, 5.74) is 1.75. The van der Waals surface area contributed by atoms with Gasteiger partial charge in [0.2, 0.25) is 5.91 Å². The van der Waals surface area contributed by atoms with Gasteiger partial charge in [-0.25, -0.2) is 0 Å². The Morgan fingerprint density at radius 1 is 1.92 bits per heavy atom. The van der Waals surface area contributed by atoms with Gasteiger partial charge in [-0.1, -0.05) is 15.9 Å². The van der Waals surface area contributed by atoms with E-state index >= 15 is 0 Å². The smallest absolute Gasteiger partial charge is 0.233 e. The van der Waals surface area contributed by atoms with Gasteiger partial charge in [0, 0.05) is 11.1 Å². The summed E-state index contributed by atoms with van der Waals surface area (Å²) in [5, 5.41) is 2.77. The van der Waals surface area contributed by atoms with E-state index in [0.717, 1.165) is 4.88 Å². The first-order valence-electron chi connectivity index (χ1n) is 3.49. The van der Waals surface area contributed by atoms with Gasteiger partial charge in [-0.05, 0) is 6.92 Å². The van der Waals surface area contributed by atoms with Crippen LogP contribution in [0.1, 0.15) is 11.8 Å². The molecule has 0 radical (unpaired) electrons. The number of halogens is 1. The average molecular weight is 249 g/mol. The first-order chi connectivity index (χ1) is 5.70. The van der Waals surface area contributed by atoms with Gasteiger partial charge in [0.05, 0.1) is 16.9 Å². The van der Waals surface area contributed by atoms with Crippen molar-refractivity contribution in [1.29, 1.82) is 0 Å². The Hall–Kier alpha value is -0.420. The highest BCUT2D eigenvalue weighted by atomic mass is 79.9. The van der Waals surface area contributed by atoms with E-state index in [1.165, 1.54) is 11.3 Å². The molecule has 0 saturated carbocycles. The number of carbonyl (C=O) groups is 1. The first kappa shape index (κ1) is 9.67. The summed E-state index contributed by atoms with van der Waals surface area (Å²) < 4.78 is 0. The fraction of sp³-hybridized carbons (Fsp3) is 0.429. The number of rotatable bonds is 3. The summed E-state index contributed by atoms with van der Waals surface area (Å²) in [6, 6.07) is 0. The standard InChI is InChI=1S/C7H9BrN2OS/c1-5(8)7(11)10-3-6-2-9-4-12-6/h2,4-5H,3H2,1H3,(H,10,11). The zero-order valence-electron chi connectivity index (χ0n) is 6.58. The van der Waals surface area contributed by atoms with Gasteiger partial charge in [0.25, 0.3) is 0 Å². The Morgan fingerprint density at radius 3 is 3.17 bits per heavy atom. The van der Waals surface area contributed by atoms with E-state index in [1.807, 2.05) is 0 Å². The lowest BCUT2D eigenvalue weighted by Crippen LogP contribution is -2.28. The Morgan fingerprint density at radius 2 is 2.67 bits per heavy atom. The Labute approximate surface area is 83.3 Å². The molecule has 0 aliphatic rings. The van der Waals surface area contributed by atoms with Crippen molar-refractivity contribution in [3.63, 3.8) is 0 Å². The van der Waals surface area contributed by atoms with Crippen molar-refractivity contribution < 1.29 is 4.79 Å². The molecule has 1 atom stereocenters. The number of hydrogen-bond donors (Lipinski definition) is 1. The lowest BCUT2D eigenvalue weighted by Gasteiger charge is -2.03. The number of alkyl halides is 1. The molecule has 1 aromatic rings.